The van der Waals surface area contributed by atoms with Gasteiger partial charge in [-0.15, -0.1) is 0 Å². The number of aryl methyl sites for hydroxylation is 1. The van der Waals surface area contributed by atoms with Crippen molar-refractivity contribution in [3.8, 4) is 5.75 Å². The highest BCUT2D eigenvalue weighted by atomic mass is 32.2. The first kappa shape index (κ1) is 19.2. The van der Waals surface area contributed by atoms with Crippen molar-refractivity contribution in [2.45, 2.75) is 30.7 Å². The number of hydrogen-bond acceptors (Lipinski definition) is 6. The van der Waals surface area contributed by atoms with Gasteiger partial charge in [-0.1, -0.05) is 0 Å². The van der Waals surface area contributed by atoms with E-state index in [4.69, 9.17) is 9.47 Å². The van der Waals surface area contributed by atoms with E-state index >= 15 is 0 Å². The zero-order valence-electron chi connectivity index (χ0n) is 14.4. The molecule has 1 heterocycles. The number of sulfonamides is 1. The van der Waals surface area contributed by atoms with E-state index in [1.807, 2.05) is 0 Å². The minimum absolute atomic E-state index is 0.0106. The van der Waals surface area contributed by atoms with Crippen LogP contribution < -0.4 is 10.1 Å². The molecule has 1 aromatic rings. The minimum Gasteiger partial charge on any atom is -0.496 e. The Morgan fingerprint density at radius 1 is 1.36 bits per heavy atom. The van der Waals surface area contributed by atoms with Gasteiger partial charge in [-0.25, -0.2) is 12.7 Å². The molecule has 1 aliphatic rings. The Balaban J connectivity index is 2.30. The lowest BCUT2D eigenvalue weighted by atomic mass is 10.2. The van der Waals surface area contributed by atoms with Crippen molar-refractivity contribution < 1.29 is 27.5 Å². The van der Waals surface area contributed by atoms with E-state index in [2.05, 4.69) is 5.32 Å². The van der Waals surface area contributed by atoms with Gasteiger partial charge in [0.1, 0.15) is 11.8 Å². The molecule has 9 heteroatoms. The van der Waals surface area contributed by atoms with Crippen molar-refractivity contribution in [2.75, 3.05) is 27.4 Å². The predicted molar refractivity (Wildman–Crippen MR) is 89.7 cm³/mol. The monoisotopic (exact) mass is 370 g/mol. The van der Waals surface area contributed by atoms with Crippen LogP contribution in [0, 0.1) is 6.92 Å². The number of nitrogens with one attached hydrogen (secondary N) is 1. The number of hydrogen-bond donors (Lipinski definition) is 1. The summed E-state index contributed by atoms with van der Waals surface area (Å²) in [5.41, 5.74) is 0.622. The van der Waals surface area contributed by atoms with Crippen LogP contribution in [-0.2, 0) is 24.3 Å². The molecule has 2 rings (SSSR count). The van der Waals surface area contributed by atoms with Crippen LogP contribution in [0.5, 0.6) is 5.75 Å². The molecule has 0 bridgehead atoms. The van der Waals surface area contributed by atoms with E-state index in [-0.39, 0.29) is 24.3 Å². The number of ether oxygens (including phenoxy) is 2. The van der Waals surface area contributed by atoms with Gasteiger partial charge in [0.2, 0.25) is 11.8 Å². The number of benzene rings is 1. The summed E-state index contributed by atoms with van der Waals surface area (Å²) < 4.78 is 36.5. The Morgan fingerprint density at radius 2 is 2.08 bits per heavy atom. The number of rotatable bonds is 7. The topological polar surface area (TPSA) is 102 Å². The third-order valence-corrected chi connectivity index (χ3v) is 5.82. The first-order valence-corrected chi connectivity index (χ1v) is 9.25. The molecule has 1 aliphatic heterocycles. The molecule has 138 valence electrons. The predicted octanol–water partition coefficient (Wildman–Crippen LogP) is 0.446. The molecule has 25 heavy (non-hydrogen) atoms. The fraction of sp³-hybridized carbons (Fsp3) is 0.500. The van der Waals surface area contributed by atoms with Crippen molar-refractivity contribution >= 4 is 21.8 Å². The van der Waals surface area contributed by atoms with E-state index < -0.39 is 27.9 Å². The van der Waals surface area contributed by atoms with Gasteiger partial charge in [0, 0.05) is 20.1 Å². The van der Waals surface area contributed by atoms with Crippen molar-refractivity contribution in [1.82, 2.24) is 9.62 Å². The molecule has 0 unspecified atom stereocenters. The molecule has 0 spiro atoms. The molecule has 0 aliphatic carbocycles. The van der Waals surface area contributed by atoms with Crippen molar-refractivity contribution in [1.29, 1.82) is 0 Å². The highest BCUT2D eigenvalue weighted by molar-refractivity contribution is 7.89. The van der Waals surface area contributed by atoms with Gasteiger partial charge >= 0.3 is 0 Å². The summed E-state index contributed by atoms with van der Waals surface area (Å²) in [7, 11) is -1.14. The summed E-state index contributed by atoms with van der Waals surface area (Å²) >= 11 is 0. The summed E-state index contributed by atoms with van der Waals surface area (Å²) in [6.45, 7) is 2.25. The molecule has 2 amide bonds. The Kier molecular flexibility index (Phi) is 6.02. The highest BCUT2D eigenvalue weighted by Gasteiger charge is 2.44. The molecule has 1 atom stereocenters. The lowest BCUT2D eigenvalue weighted by Crippen LogP contribution is -2.48. The van der Waals surface area contributed by atoms with Gasteiger partial charge in [0.15, 0.2) is 0 Å². The number of carbonyl (C=O) groups is 2. The lowest BCUT2D eigenvalue weighted by molar-refractivity contribution is -0.130. The Labute approximate surface area is 147 Å². The summed E-state index contributed by atoms with van der Waals surface area (Å²) in [5, 5.41) is 2.59. The fourth-order valence-electron chi connectivity index (χ4n) is 2.72. The maximum atomic E-state index is 12.9. The molecule has 1 aromatic carbocycles. The van der Waals surface area contributed by atoms with Gasteiger partial charge in [-0.05, 0) is 37.1 Å². The van der Waals surface area contributed by atoms with Crippen LogP contribution in [0.1, 0.15) is 18.4 Å². The standard InChI is InChI=1S/C16H22N2O6S/c1-11-10-12(4-6-14(11)24-3)25(21,22)18-13(5-7-15(18)19)16(20)17-8-9-23-2/h4,6,10,13H,5,7-9H2,1-3H3,(H,17,20)/t13-/m1/s1. The SMILES string of the molecule is COCCNC(=O)[C@H]1CCC(=O)N1S(=O)(=O)c1ccc(OC)c(C)c1. The molecule has 1 N–H and O–H groups in total. The van der Waals surface area contributed by atoms with Gasteiger partial charge in [0.05, 0.1) is 18.6 Å². The average molecular weight is 370 g/mol. The van der Waals surface area contributed by atoms with E-state index in [1.165, 1.54) is 32.4 Å². The molecule has 0 saturated carbocycles. The first-order chi connectivity index (χ1) is 11.8. The minimum atomic E-state index is -4.12. The molecule has 0 radical (unpaired) electrons. The number of amides is 2. The Hall–Kier alpha value is -2.13. The molecule has 1 fully saturated rings. The van der Waals surface area contributed by atoms with Crippen LogP contribution in [0.25, 0.3) is 0 Å². The van der Waals surface area contributed by atoms with Crippen molar-refractivity contribution in [3.63, 3.8) is 0 Å². The smallest absolute Gasteiger partial charge is 0.267 e. The maximum Gasteiger partial charge on any atom is 0.267 e. The second-order valence-corrected chi connectivity index (χ2v) is 7.48. The normalized spacial score (nSPS) is 17.6. The van der Waals surface area contributed by atoms with Crippen LogP contribution in [0.3, 0.4) is 0 Å². The van der Waals surface area contributed by atoms with Crippen molar-refractivity contribution in [2.24, 2.45) is 0 Å². The summed E-state index contributed by atoms with van der Waals surface area (Å²) in [5.74, 6) is -0.544. The first-order valence-electron chi connectivity index (χ1n) is 7.81. The van der Waals surface area contributed by atoms with Crippen LogP contribution >= 0.6 is 0 Å². The molecular formula is C16H22N2O6S. The van der Waals surface area contributed by atoms with E-state index in [9.17, 15) is 18.0 Å². The lowest BCUT2D eigenvalue weighted by Gasteiger charge is -2.24. The van der Waals surface area contributed by atoms with Gasteiger partial charge < -0.3 is 14.8 Å². The third-order valence-electron chi connectivity index (χ3n) is 3.99. The highest BCUT2D eigenvalue weighted by Crippen LogP contribution is 2.29. The number of carbonyl (C=O) groups excluding carboxylic acids is 2. The average Bonchev–Trinajstić information content (AvgIpc) is 2.97. The zero-order chi connectivity index (χ0) is 18.6. The second-order valence-electron chi connectivity index (χ2n) is 5.66. The largest absolute Gasteiger partial charge is 0.496 e. The van der Waals surface area contributed by atoms with Crippen LogP contribution in [-0.4, -0.2) is 58.0 Å². The van der Waals surface area contributed by atoms with Crippen LogP contribution in [0.4, 0.5) is 0 Å². The second kappa shape index (κ2) is 7.83. The van der Waals surface area contributed by atoms with Crippen LogP contribution in [0.2, 0.25) is 0 Å². The third kappa shape index (κ3) is 3.93. The quantitative estimate of drug-likeness (QED) is 0.699. The van der Waals surface area contributed by atoms with E-state index in [0.29, 0.717) is 22.2 Å². The molecule has 8 nitrogen and oxygen atoms in total. The van der Waals surface area contributed by atoms with Gasteiger partial charge in [-0.2, -0.15) is 0 Å². The maximum absolute atomic E-state index is 12.9. The molecule has 0 aromatic heterocycles. The van der Waals surface area contributed by atoms with E-state index in [0.717, 1.165) is 0 Å². The number of nitrogens with zero attached hydrogens (tertiary/aromatic N) is 1. The van der Waals surface area contributed by atoms with E-state index in [1.54, 1.807) is 6.92 Å². The van der Waals surface area contributed by atoms with Gasteiger partial charge in [0.25, 0.3) is 10.0 Å². The Morgan fingerprint density at radius 3 is 2.68 bits per heavy atom. The molecular weight excluding hydrogens is 348 g/mol. The summed E-state index contributed by atoms with van der Waals surface area (Å²) in [6.07, 6.45) is 0.169. The van der Waals surface area contributed by atoms with Gasteiger partial charge in [-0.3, -0.25) is 9.59 Å². The van der Waals surface area contributed by atoms with Crippen molar-refractivity contribution in [3.05, 3.63) is 23.8 Å². The summed E-state index contributed by atoms with van der Waals surface area (Å²) in [6, 6.07) is 3.28. The fourth-order valence-corrected chi connectivity index (χ4v) is 4.41. The molecule has 1 saturated heterocycles. The zero-order valence-corrected chi connectivity index (χ0v) is 15.3. The Bertz CT molecular complexity index is 762. The van der Waals surface area contributed by atoms with Crippen LogP contribution in [0.15, 0.2) is 23.1 Å². The summed E-state index contributed by atoms with van der Waals surface area (Å²) in [4.78, 5) is 24.4. The number of methoxy groups -OCH3 is 2.